The molecule has 0 fully saturated rings. The number of anilines is 1. The molecular weight excluding hydrogens is 324 g/mol. The molecule has 5 nitrogen and oxygen atoms in total. The lowest BCUT2D eigenvalue weighted by atomic mass is 10.1. The fourth-order valence-electron chi connectivity index (χ4n) is 1.75. The van der Waals surface area contributed by atoms with Crippen molar-refractivity contribution in [1.82, 2.24) is 4.98 Å². The molecule has 0 saturated heterocycles. The van der Waals surface area contributed by atoms with Gasteiger partial charge in [0.25, 0.3) is 5.91 Å². The van der Waals surface area contributed by atoms with Crippen molar-refractivity contribution in [2.24, 2.45) is 0 Å². The smallest absolute Gasteiger partial charge is 0.337 e. The third kappa shape index (κ3) is 2.85. The Hall–Kier alpha value is -2.21. The van der Waals surface area contributed by atoms with E-state index in [9.17, 15) is 9.59 Å². The number of aromatic carboxylic acids is 1. The molecule has 2 aromatic rings. The fourth-order valence-corrected chi connectivity index (χ4v) is 1.99. The predicted octanol–water partition coefficient (Wildman–Crippen LogP) is 2.82. The van der Waals surface area contributed by atoms with Crippen LogP contribution in [0.25, 0.3) is 0 Å². The summed E-state index contributed by atoms with van der Waals surface area (Å²) in [4.78, 5) is 28.8. The number of amides is 1. The predicted molar refractivity (Wildman–Crippen MR) is 78.1 cm³/mol. The number of carbonyl (C=O) groups is 2. The van der Waals surface area contributed by atoms with Gasteiger partial charge in [-0.3, -0.25) is 4.79 Å². The Morgan fingerprint density at radius 1 is 1.20 bits per heavy atom. The lowest BCUT2D eigenvalue weighted by molar-refractivity contribution is 0.0697. The molecule has 1 amide bonds. The van der Waals surface area contributed by atoms with Gasteiger partial charge in [0.2, 0.25) is 0 Å². The number of carbonyl (C=O) groups excluding carboxylic acids is 1. The Balaban J connectivity index is 2.36. The van der Waals surface area contributed by atoms with Gasteiger partial charge >= 0.3 is 5.97 Å². The van der Waals surface area contributed by atoms with E-state index in [0.29, 0.717) is 15.9 Å². The van der Waals surface area contributed by atoms with Gasteiger partial charge < -0.3 is 10.0 Å². The van der Waals surface area contributed by atoms with Crippen LogP contribution in [0.4, 0.5) is 5.69 Å². The Kier molecular flexibility index (Phi) is 4.14. The summed E-state index contributed by atoms with van der Waals surface area (Å²) in [7, 11) is 1.53. The van der Waals surface area contributed by atoms with Crippen molar-refractivity contribution in [3.8, 4) is 0 Å². The van der Waals surface area contributed by atoms with E-state index in [2.05, 4.69) is 20.9 Å². The number of nitrogens with zero attached hydrogens (tertiary/aromatic N) is 2. The number of hydrogen-bond donors (Lipinski definition) is 1. The lowest BCUT2D eigenvalue weighted by Crippen LogP contribution is -2.28. The number of carboxylic acids is 1. The van der Waals surface area contributed by atoms with Crippen molar-refractivity contribution >= 4 is 33.5 Å². The topological polar surface area (TPSA) is 70.5 Å². The van der Waals surface area contributed by atoms with Crippen LogP contribution >= 0.6 is 15.9 Å². The molecule has 1 aromatic carbocycles. The molecule has 0 aliphatic heterocycles. The second kappa shape index (κ2) is 5.83. The van der Waals surface area contributed by atoms with Gasteiger partial charge in [0.05, 0.1) is 16.8 Å². The largest absolute Gasteiger partial charge is 0.478 e. The molecular formula is C14H11BrN2O3. The molecule has 2 rings (SSSR count). The van der Waals surface area contributed by atoms with Crippen molar-refractivity contribution in [2.75, 3.05) is 11.9 Å². The second-order valence-corrected chi connectivity index (χ2v) is 4.87. The minimum Gasteiger partial charge on any atom is -0.478 e. The Bertz CT molecular complexity index is 656. The van der Waals surface area contributed by atoms with Crippen LogP contribution in [-0.4, -0.2) is 29.0 Å². The minimum absolute atomic E-state index is 0.0772. The molecule has 0 unspecified atom stereocenters. The van der Waals surface area contributed by atoms with Crippen LogP contribution in [0.15, 0.2) is 47.2 Å². The number of halogens is 1. The lowest BCUT2D eigenvalue weighted by Gasteiger charge is -2.19. The van der Waals surface area contributed by atoms with Crippen LogP contribution in [0.2, 0.25) is 0 Å². The van der Waals surface area contributed by atoms with Crippen molar-refractivity contribution < 1.29 is 14.7 Å². The number of rotatable bonds is 3. The average Bonchev–Trinajstić information content (AvgIpc) is 2.46. The Morgan fingerprint density at radius 3 is 2.50 bits per heavy atom. The maximum Gasteiger partial charge on any atom is 0.337 e. The molecule has 0 atom stereocenters. The molecule has 6 heteroatoms. The molecule has 0 bridgehead atoms. The second-order valence-electron chi connectivity index (χ2n) is 4.06. The third-order valence-corrected chi connectivity index (χ3v) is 3.24. The molecule has 0 spiro atoms. The van der Waals surface area contributed by atoms with Gasteiger partial charge in [0, 0.05) is 13.2 Å². The molecule has 0 aliphatic carbocycles. The third-order valence-electron chi connectivity index (χ3n) is 2.77. The van der Waals surface area contributed by atoms with Crippen LogP contribution in [-0.2, 0) is 0 Å². The normalized spacial score (nSPS) is 10.1. The zero-order chi connectivity index (χ0) is 14.7. The van der Waals surface area contributed by atoms with Crippen molar-refractivity contribution in [1.29, 1.82) is 0 Å². The zero-order valence-electron chi connectivity index (χ0n) is 10.6. The van der Waals surface area contributed by atoms with Crippen LogP contribution < -0.4 is 4.90 Å². The maximum atomic E-state index is 12.3. The summed E-state index contributed by atoms with van der Waals surface area (Å²) < 4.78 is 0.627. The highest BCUT2D eigenvalue weighted by atomic mass is 79.9. The molecule has 1 N–H and O–H groups in total. The van der Waals surface area contributed by atoms with Gasteiger partial charge in [-0.05, 0) is 40.2 Å². The summed E-state index contributed by atoms with van der Waals surface area (Å²) in [5.41, 5.74) is 0.803. The fraction of sp³-hybridized carbons (Fsp3) is 0.0714. The summed E-state index contributed by atoms with van der Waals surface area (Å²) in [5, 5.41) is 9.15. The quantitative estimate of drug-likeness (QED) is 0.876. The Morgan fingerprint density at radius 2 is 1.90 bits per heavy atom. The first-order valence-corrected chi connectivity index (χ1v) is 6.52. The summed E-state index contributed by atoms with van der Waals surface area (Å²) in [5.74, 6) is -1.40. The molecule has 1 aromatic heterocycles. The van der Waals surface area contributed by atoms with E-state index in [1.165, 1.54) is 24.2 Å². The monoisotopic (exact) mass is 334 g/mol. The molecule has 1 heterocycles. The number of aromatic nitrogens is 1. The number of para-hydroxylation sites is 1. The van der Waals surface area contributed by atoms with E-state index in [0.717, 1.165) is 0 Å². The first kappa shape index (κ1) is 14.2. The summed E-state index contributed by atoms with van der Waals surface area (Å²) in [6.45, 7) is 0. The highest BCUT2D eigenvalue weighted by Gasteiger charge is 2.19. The van der Waals surface area contributed by atoms with Gasteiger partial charge in [-0.2, -0.15) is 0 Å². The Labute approximate surface area is 124 Å². The molecule has 0 aliphatic rings. The first-order valence-electron chi connectivity index (χ1n) is 5.72. The summed E-state index contributed by atoms with van der Waals surface area (Å²) in [6.07, 6.45) is 1.44. The minimum atomic E-state index is -1.07. The maximum absolute atomic E-state index is 12.3. The average molecular weight is 335 g/mol. The highest BCUT2D eigenvalue weighted by molar-refractivity contribution is 9.10. The zero-order valence-corrected chi connectivity index (χ0v) is 12.2. The van der Waals surface area contributed by atoms with Crippen LogP contribution in [0.1, 0.15) is 20.7 Å². The van der Waals surface area contributed by atoms with Gasteiger partial charge in [-0.15, -0.1) is 0 Å². The van der Waals surface area contributed by atoms with Crippen LogP contribution in [0.3, 0.4) is 0 Å². The van der Waals surface area contributed by atoms with E-state index < -0.39 is 5.97 Å². The van der Waals surface area contributed by atoms with E-state index >= 15 is 0 Å². The van der Waals surface area contributed by atoms with Gasteiger partial charge in [-0.25, -0.2) is 9.78 Å². The van der Waals surface area contributed by atoms with Gasteiger partial charge in [0.15, 0.2) is 0 Å². The number of pyridine rings is 1. The van der Waals surface area contributed by atoms with Gasteiger partial charge in [0.1, 0.15) is 4.60 Å². The van der Waals surface area contributed by atoms with Crippen molar-refractivity contribution in [2.45, 2.75) is 0 Å². The number of benzene rings is 1. The standard InChI is InChI=1S/C14H11BrN2O3/c1-17(11-5-3-2-4-10(11)14(19)20)13(18)9-6-7-12(15)16-8-9/h2-8H,1H3,(H,19,20). The van der Waals surface area contributed by atoms with Crippen molar-refractivity contribution in [3.63, 3.8) is 0 Å². The molecule has 0 saturated carbocycles. The van der Waals surface area contributed by atoms with E-state index in [1.54, 1.807) is 30.3 Å². The van der Waals surface area contributed by atoms with E-state index in [1.807, 2.05) is 0 Å². The SMILES string of the molecule is CN(C(=O)c1ccc(Br)nc1)c1ccccc1C(=O)O. The van der Waals surface area contributed by atoms with E-state index in [4.69, 9.17) is 5.11 Å². The number of hydrogen-bond acceptors (Lipinski definition) is 3. The van der Waals surface area contributed by atoms with Gasteiger partial charge in [-0.1, -0.05) is 12.1 Å². The van der Waals surface area contributed by atoms with Crippen LogP contribution in [0, 0.1) is 0 Å². The van der Waals surface area contributed by atoms with Crippen LogP contribution in [0.5, 0.6) is 0 Å². The molecule has 0 radical (unpaired) electrons. The van der Waals surface area contributed by atoms with E-state index in [-0.39, 0.29) is 11.5 Å². The highest BCUT2D eigenvalue weighted by Crippen LogP contribution is 2.21. The van der Waals surface area contributed by atoms with Crippen molar-refractivity contribution in [3.05, 3.63) is 58.3 Å². The number of carboxylic acid groups (broad SMARTS) is 1. The summed E-state index contributed by atoms with van der Waals surface area (Å²) >= 11 is 3.19. The summed E-state index contributed by atoms with van der Waals surface area (Å²) in [6, 6.07) is 9.64. The molecule has 102 valence electrons. The molecule has 20 heavy (non-hydrogen) atoms. The first-order chi connectivity index (χ1) is 9.50.